The number of rotatable bonds is 9. The van der Waals surface area contributed by atoms with Crippen LogP contribution in [0.25, 0.3) is 0 Å². The number of hydrogen-bond acceptors (Lipinski definition) is 3. The van der Waals surface area contributed by atoms with Crippen molar-refractivity contribution >= 4 is 0 Å². The Bertz CT molecular complexity index is 311. The Morgan fingerprint density at radius 3 is 2.50 bits per heavy atom. The second-order valence-electron chi connectivity index (χ2n) is 4.44. The summed E-state index contributed by atoms with van der Waals surface area (Å²) in [5.41, 5.74) is 1.29. The van der Waals surface area contributed by atoms with Gasteiger partial charge < -0.3 is 14.8 Å². The molecule has 0 aliphatic heterocycles. The first kappa shape index (κ1) is 15.0. The lowest BCUT2D eigenvalue weighted by Gasteiger charge is -2.14. The molecule has 1 unspecified atom stereocenters. The Hall–Kier alpha value is -1.06. The van der Waals surface area contributed by atoms with Crippen molar-refractivity contribution in [2.24, 2.45) is 0 Å². The van der Waals surface area contributed by atoms with Gasteiger partial charge in [0.05, 0.1) is 6.61 Å². The van der Waals surface area contributed by atoms with Crippen molar-refractivity contribution in [1.29, 1.82) is 0 Å². The van der Waals surface area contributed by atoms with Crippen LogP contribution >= 0.6 is 0 Å². The summed E-state index contributed by atoms with van der Waals surface area (Å²) in [5, 5.41) is 3.48. The minimum absolute atomic E-state index is 0.363. The summed E-state index contributed by atoms with van der Waals surface area (Å²) >= 11 is 0. The number of methoxy groups -OCH3 is 1. The maximum absolute atomic E-state index is 5.57. The lowest BCUT2D eigenvalue weighted by molar-refractivity contribution is 0.193. The molecule has 0 spiro atoms. The van der Waals surface area contributed by atoms with Crippen LogP contribution in [0.3, 0.4) is 0 Å². The van der Waals surface area contributed by atoms with E-state index in [4.69, 9.17) is 9.47 Å². The van der Waals surface area contributed by atoms with E-state index in [9.17, 15) is 0 Å². The number of ether oxygens (including phenoxy) is 2. The van der Waals surface area contributed by atoms with E-state index in [-0.39, 0.29) is 0 Å². The standard InChI is InChI=1S/C15H25NO2/c1-4-11-18-15-8-6-14(7-9-15)13(2)16-10-5-12-17-3/h6-9,13,16H,4-5,10-12H2,1-3H3. The zero-order valence-electron chi connectivity index (χ0n) is 11.7. The van der Waals surface area contributed by atoms with Gasteiger partial charge in [-0.05, 0) is 44.0 Å². The molecule has 1 atom stereocenters. The van der Waals surface area contributed by atoms with Gasteiger partial charge in [-0.1, -0.05) is 19.1 Å². The molecule has 0 saturated carbocycles. The molecule has 0 aliphatic rings. The Balaban J connectivity index is 2.36. The van der Waals surface area contributed by atoms with E-state index in [2.05, 4.69) is 31.3 Å². The van der Waals surface area contributed by atoms with Crippen LogP contribution in [0.1, 0.15) is 38.3 Å². The van der Waals surface area contributed by atoms with Gasteiger partial charge in [-0.3, -0.25) is 0 Å². The van der Waals surface area contributed by atoms with Crippen molar-refractivity contribution in [1.82, 2.24) is 5.32 Å². The average molecular weight is 251 g/mol. The Labute approximate surface area is 110 Å². The van der Waals surface area contributed by atoms with Crippen LogP contribution < -0.4 is 10.1 Å². The molecule has 1 aromatic carbocycles. The molecule has 0 heterocycles. The van der Waals surface area contributed by atoms with E-state index in [1.54, 1.807) is 7.11 Å². The van der Waals surface area contributed by atoms with Crippen LogP contribution in [0.4, 0.5) is 0 Å². The molecule has 0 aromatic heterocycles. The highest BCUT2D eigenvalue weighted by molar-refractivity contribution is 5.28. The second-order valence-corrected chi connectivity index (χ2v) is 4.44. The number of hydrogen-bond donors (Lipinski definition) is 1. The average Bonchev–Trinajstić information content (AvgIpc) is 2.41. The lowest BCUT2D eigenvalue weighted by Crippen LogP contribution is -2.20. The van der Waals surface area contributed by atoms with E-state index in [1.807, 2.05) is 12.1 Å². The summed E-state index contributed by atoms with van der Waals surface area (Å²) in [5.74, 6) is 0.951. The predicted octanol–water partition coefficient (Wildman–Crippen LogP) is 3.16. The van der Waals surface area contributed by atoms with Crippen LogP contribution in [0.5, 0.6) is 5.75 Å². The van der Waals surface area contributed by atoms with Gasteiger partial charge >= 0.3 is 0 Å². The molecule has 0 bridgehead atoms. The van der Waals surface area contributed by atoms with E-state index in [0.717, 1.165) is 38.3 Å². The maximum atomic E-state index is 5.57. The van der Waals surface area contributed by atoms with Crippen molar-refractivity contribution in [2.75, 3.05) is 26.9 Å². The third-order valence-corrected chi connectivity index (χ3v) is 2.83. The maximum Gasteiger partial charge on any atom is 0.119 e. The molecule has 102 valence electrons. The molecule has 18 heavy (non-hydrogen) atoms. The smallest absolute Gasteiger partial charge is 0.119 e. The molecule has 0 aliphatic carbocycles. The van der Waals surface area contributed by atoms with Gasteiger partial charge in [0.15, 0.2) is 0 Å². The van der Waals surface area contributed by atoms with Crippen LogP contribution in [-0.4, -0.2) is 26.9 Å². The van der Waals surface area contributed by atoms with Crippen LogP contribution in [-0.2, 0) is 4.74 Å². The van der Waals surface area contributed by atoms with Crippen molar-refractivity contribution in [3.63, 3.8) is 0 Å². The summed E-state index contributed by atoms with van der Waals surface area (Å²) in [6.45, 7) is 6.85. The van der Waals surface area contributed by atoms with Gasteiger partial charge in [0, 0.05) is 19.8 Å². The molecule has 3 heteroatoms. The minimum atomic E-state index is 0.363. The van der Waals surface area contributed by atoms with Gasteiger partial charge in [-0.2, -0.15) is 0 Å². The topological polar surface area (TPSA) is 30.5 Å². The molecule has 0 radical (unpaired) electrons. The zero-order valence-corrected chi connectivity index (χ0v) is 11.7. The minimum Gasteiger partial charge on any atom is -0.494 e. The fraction of sp³-hybridized carbons (Fsp3) is 0.600. The van der Waals surface area contributed by atoms with E-state index < -0.39 is 0 Å². The van der Waals surface area contributed by atoms with Crippen LogP contribution in [0.15, 0.2) is 24.3 Å². The van der Waals surface area contributed by atoms with Crippen molar-refractivity contribution in [3.05, 3.63) is 29.8 Å². The Morgan fingerprint density at radius 2 is 1.89 bits per heavy atom. The Morgan fingerprint density at radius 1 is 1.17 bits per heavy atom. The highest BCUT2D eigenvalue weighted by Crippen LogP contribution is 2.17. The fourth-order valence-electron chi connectivity index (χ4n) is 1.73. The molecule has 3 nitrogen and oxygen atoms in total. The molecule has 0 fully saturated rings. The summed E-state index contributed by atoms with van der Waals surface area (Å²) in [7, 11) is 1.73. The fourth-order valence-corrected chi connectivity index (χ4v) is 1.73. The van der Waals surface area contributed by atoms with E-state index in [1.165, 1.54) is 5.56 Å². The lowest BCUT2D eigenvalue weighted by atomic mass is 10.1. The van der Waals surface area contributed by atoms with Gasteiger partial charge in [0.1, 0.15) is 5.75 Å². The van der Waals surface area contributed by atoms with E-state index in [0.29, 0.717) is 6.04 Å². The molecule has 0 saturated heterocycles. The van der Waals surface area contributed by atoms with Crippen molar-refractivity contribution in [3.8, 4) is 5.75 Å². The van der Waals surface area contributed by atoms with Crippen molar-refractivity contribution in [2.45, 2.75) is 32.7 Å². The normalized spacial score (nSPS) is 12.4. The van der Waals surface area contributed by atoms with Crippen LogP contribution in [0.2, 0.25) is 0 Å². The van der Waals surface area contributed by atoms with Crippen LogP contribution in [0, 0.1) is 0 Å². The third-order valence-electron chi connectivity index (χ3n) is 2.83. The largest absolute Gasteiger partial charge is 0.494 e. The number of benzene rings is 1. The van der Waals surface area contributed by atoms with Gasteiger partial charge in [0.25, 0.3) is 0 Å². The first-order valence-corrected chi connectivity index (χ1v) is 6.73. The quantitative estimate of drug-likeness (QED) is 0.684. The number of nitrogens with one attached hydrogen (secondary N) is 1. The predicted molar refractivity (Wildman–Crippen MR) is 75.1 cm³/mol. The summed E-state index contributed by atoms with van der Waals surface area (Å²) in [6, 6.07) is 8.69. The van der Waals surface area contributed by atoms with Gasteiger partial charge in [0.2, 0.25) is 0 Å². The zero-order chi connectivity index (χ0) is 13.2. The Kier molecular flexibility index (Phi) is 7.46. The van der Waals surface area contributed by atoms with Gasteiger partial charge in [-0.25, -0.2) is 0 Å². The molecular weight excluding hydrogens is 226 g/mol. The SMILES string of the molecule is CCCOc1ccc(C(C)NCCCOC)cc1. The first-order chi connectivity index (χ1) is 8.77. The summed E-state index contributed by atoms with van der Waals surface area (Å²) in [4.78, 5) is 0. The highest BCUT2D eigenvalue weighted by atomic mass is 16.5. The van der Waals surface area contributed by atoms with Crippen molar-refractivity contribution < 1.29 is 9.47 Å². The molecule has 1 aromatic rings. The molecule has 0 amide bonds. The molecule has 1 rings (SSSR count). The first-order valence-electron chi connectivity index (χ1n) is 6.73. The summed E-state index contributed by atoms with van der Waals surface area (Å²) < 4.78 is 10.6. The summed E-state index contributed by atoms with van der Waals surface area (Å²) in [6.07, 6.45) is 2.08. The highest BCUT2D eigenvalue weighted by Gasteiger charge is 2.04. The molecular formula is C15H25NO2. The third kappa shape index (κ3) is 5.52. The monoisotopic (exact) mass is 251 g/mol. The van der Waals surface area contributed by atoms with Gasteiger partial charge in [-0.15, -0.1) is 0 Å². The molecule has 1 N–H and O–H groups in total. The second kappa shape index (κ2) is 8.95. The van der Waals surface area contributed by atoms with E-state index >= 15 is 0 Å².